The molecule has 0 bridgehead atoms. The maximum Gasteiger partial charge on any atom is 0.314 e. The van der Waals surface area contributed by atoms with Crippen LogP contribution in [0.1, 0.15) is 61.6 Å². The molecule has 0 unspecified atom stereocenters. The lowest BCUT2D eigenvalue weighted by Gasteiger charge is -2.28. The summed E-state index contributed by atoms with van der Waals surface area (Å²) in [6, 6.07) is 15.3. The maximum absolute atomic E-state index is 15.0. The fraction of sp³-hybridized carbons (Fsp3) is 0.345. The third kappa shape index (κ3) is 5.19. The van der Waals surface area contributed by atoms with Crippen LogP contribution in [0.15, 0.2) is 54.6 Å². The zero-order valence-corrected chi connectivity index (χ0v) is 19.5. The van der Waals surface area contributed by atoms with E-state index in [0.717, 1.165) is 18.4 Å². The van der Waals surface area contributed by atoms with Crippen LogP contribution in [0, 0.1) is 30.3 Å². The van der Waals surface area contributed by atoms with Gasteiger partial charge in [0.05, 0.1) is 5.92 Å². The van der Waals surface area contributed by atoms with Crippen molar-refractivity contribution in [2.24, 2.45) is 5.92 Å². The Morgan fingerprint density at radius 3 is 2.26 bits per heavy atom. The van der Waals surface area contributed by atoms with Crippen LogP contribution in [0.4, 0.5) is 13.2 Å². The van der Waals surface area contributed by atoms with E-state index in [0.29, 0.717) is 36.8 Å². The van der Waals surface area contributed by atoms with Crippen LogP contribution >= 0.6 is 0 Å². The van der Waals surface area contributed by atoms with Crippen molar-refractivity contribution >= 4 is 5.97 Å². The van der Waals surface area contributed by atoms with Gasteiger partial charge in [0, 0.05) is 5.56 Å². The first-order valence-electron chi connectivity index (χ1n) is 11.9. The third-order valence-electron chi connectivity index (χ3n) is 6.71. The van der Waals surface area contributed by atoms with E-state index in [9.17, 15) is 13.6 Å². The summed E-state index contributed by atoms with van der Waals surface area (Å²) in [6.45, 7) is 3.86. The zero-order valence-electron chi connectivity index (χ0n) is 19.5. The predicted molar refractivity (Wildman–Crippen MR) is 127 cm³/mol. The Kier molecular flexibility index (Phi) is 7.40. The van der Waals surface area contributed by atoms with Crippen molar-refractivity contribution in [1.29, 1.82) is 0 Å². The lowest BCUT2D eigenvalue weighted by Crippen LogP contribution is -2.25. The van der Waals surface area contributed by atoms with Crippen LogP contribution in [0.3, 0.4) is 0 Å². The second-order valence-electron chi connectivity index (χ2n) is 9.18. The Morgan fingerprint density at radius 2 is 1.62 bits per heavy atom. The lowest BCUT2D eigenvalue weighted by atomic mass is 9.78. The van der Waals surface area contributed by atoms with E-state index in [1.165, 1.54) is 17.7 Å². The summed E-state index contributed by atoms with van der Waals surface area (Å²) < 4.78 is 49.3. The quantitative estimate of drug-likeness (QED) is 0.273. The highest BCUT2D eigenvalue weighted by Crippen LogP contribution is 2.39. The molecular formula is C29H29F3O2. The first-order chi connectivity index (χ1) is 16.4. The molecule has 0 spiro atoms. The Balaban J connectivity index is 1.42. The summed E-state index contributed by atoms with van der Waals surface area (Å²) in [7, 11) is 0. The third-order valence-corrected chi connectivity index (χ3v) is 6.71. The van der Waals surface area contributed by atoms with Gasteiger partial charge in [-0.3, -0.25) is 4.79 Å². The van der Waals surface area contributed by atoms with Crippen LogP contribution in [-0.4, -0.2) is 5.97 Å². The number of aryl methyl sites for hydroxylation is 2. The number of ether oxygens (including phenoxy) is 1. The Hall–Kier alpha value is -3.08. The summed E-state index contributed by atoms with van der Waals surface area (Å²) in [5.74, 6) is -3.33. The molecule has 0 heterocycles. The zero-order chi connectivity index (χ0) is 24.2. The van der Waals surface area contributed by atoms with E-state index < -0.39 is 23.4 Å². The van der Waals surface area contributed by atoms with Crippen molar-refractivity contribution in [3.8, 4) is 16.9 Å². The normalized spacial score (nSPS) is 18.0. The monoisotopic (exact) mass is 466 g/mol. The molecule has 1 fully saturated rings. The molecule has 0 N–H and O–H groups in total. The number of carbonyl (C=O) groups is 1. The average Bonchev–Trinajstić information content (AvgIpc) is 2.83. The van der Waals surface area contributed by atoms with Gasteiger partial charge in [0.15, 0.2) is 23.2 Å². The number of esters is 1. The number of rotatable bonds is 6. The minimum absolute atomic E-state index is 0.0795. The van der Waals surface area contributed by atoms with E-state index >= 15 is 4.39 Å². The van der Waals surface area contributed by atoms with Crippen molar-refractivity contribution < 1.29 is 22.7 Å². The van der Waals surface area contributed by atoms with Crippen LogP contribution < -0.4 is 4.74 Å². The van der Waals surface area contributed by atoms with Gasteiger partial charge in [0.1, 0.15) is 0 Å². The van der Waals surface area contributed by atoms with Gasteiger partial charge in [-0.25, -0.2) is 13.2 Å². The molecule has 1 saturated carbocycles. The molecule has 1 aliphatic carbocycles. The summed E-state index contributed by atoms with van der Waals surface area (Å²) in [4.78, 5) is 12.5. The van der Waals surface area contributed by atoms with Crippen molar-refractivity contribution in [2.45, 2.75) is 58.3 Å². The Bertz CT molecular complexity index is 1160. The molecule has 0 saturated heterocycles. The molecule has 3 aromatic rings. The van der Waals surface area contributed by atoms with Crippen LogP contribution in [0.25, 0.3) is 11.1 Å². The molecular weight excluding hydrogens is 437 g/mol. The largest absolute Gasteiger partial charge is 0.423 e. The van der Waals surface area contributed by atoms with Gasteiger partial charge in [-0.2, -0.15) is 0 Å². The van der Waals surface area contributed by atoms with E-state index in [4.69, 9.17) is 4.74 Å². The van der Waals surface area contributed by atoms with E-state index in [1.54, 1.807) is 25.1 Å². The highest BCUT2D eigenvalue weighted by atomic mass is 19.2. The van der Waals surface area contributed by atoms with Crippen LogP contribution in [0.5, 0.6) is 5.75 Å². The Morgan fingerprint density at radius 1 is 0.912 bits per heavy atom. The number of halogens is 3. The Labute approximate surface area is 198 Å². The summed E-state index contributed by atoms with van der Waals surface area (Å²) >= 11 is 0. The molecule has 178 valence electrons. The van der Waals surface area contributed by atoms with Crippen LogP contribution in [-0.2, 0) is 11.2 Å². The van der Waals surface area contributed by atoms with Gasteiger partial charge in [0.25, 0.3) is 0 Å². The van der Waals surface area contributed by atoms with Gasteiger partial charge in [0.2, 0.25) is 0 Å². The molecule has 2 nitrogen and oxygen atoms in total. The molecule has 0 amide bonds. The van der Waals surface area contributed by atoms with Crippen molar-refractivity contribution in [3.05, 3.63) is 88.7 Å². The summed E-state index contributed by atoms with van der Waals surface area (Å²) in [6.07, 6.45) is 4.03. The van der Waals surface area contributed by atoms with E-state index in [-0.39, 0.29) is 23.1 Å². The number of benzene rings is 3. The molecule has 0 atom stereocenters. The van der Waals surface area contributed by atoms with Crippen molar-refractivity contribution in [1.82, 2.24) is 0 Å². The lowest BCUT2D eigenvalue weighted by molar-refractivity contribution is -0.140. The maximum atomic E-state index is 15.0. The highest BCUT2D eigenvalue weighted by Gasteiger charge is 2.31. The summed E-state index contributed by atoms with van der Waals surface area (Å²) in [5.41, 5.74) is 3.16. The second kappa shape index (κ2) is 10.5. The van der Waals surface area contributed by atoms with E-state index in [1.807, 2.05) is 24.3 Å². The van der Waals surface area contributed by atoms with Gasteiger partial charge in [-0.1, -0.05) is 55.8 Å². The molecule has 34 heavy (non-hydrogen) atoms. The van der Waals surface area contributed by atoms with Gasteiger partial charge >= 0.3 is 5.97 Å². The van der Waals surface area contributed by atoms with Crippen LogP contribution in [0.2, 0.25) is 0 Å². The number of carbonyl (C=O) groups excluding carboxylic acids is 1. The first kappa shape index (κ1) is 24.1. The predicted octanol–water partition coefficient (Wildman–Crippen LogP) is 7.91. The summed E-state index contributed by atoms with van der Waals surface area (Å²) in [5, 5.41) is 0. The molecule has 0 radical (unpaired) electrons. The standard InChI is InChI=1S/C29H29F3O2/c1-3-4-19-6-8-20(9-7-19)23-14-15-24(28(32)27(23)31)21-10-12-22(13-11-21)29(33)34-26-16-5-18(2)17-25(26)30/h5-9,14-17,21-22H,3-4,10-13H2,1-2H3. The number of hydrogen-bond acceptors (Lipinski definition) is 2. The first-order valence-corrected chi connectivity index (χ1v) is 11.9. The molecule has 0 aromatic heterocycles. The van der Waals surface area contributed by atoms with Gasteiger partial charge in [-0.05, 0) is 79.3 Å². The smallest absolute Gasteiger partial charge is 0.314 e. The fourth-order valence-corrected chi connectivity index (χ4v) is 4.76. The second-order valence-corrected chi connectivity index (χ2v) is 9.18. The SMILES string of the molecule is CCCc1ccc(-c2ccc(C3CCC(C(=O)Oc4ccc(C)cc4F)CC3)c(F)c2F)cc1. The molecule has 3 aromatic carbocycles. The fourth-order valence-electron chi connectivity index (χ4n) is 4.76. The van der Waals surface area contributed by atoms with Gasteiger partial charge in [-0.15, -0.1) is 0 Å². The van der Waals surface area contributed by atoms with Crippen molar-refractivity contribution in [3.63, 3.8) is 0 Å². The molecule has 4 rings (SSSR count). The minimum atomic E-state index is -0.836. The minimum Gasteiger partial charge on any atom is -0.423 e. The number of hydrogen-bond donors (Lipinski definition) is 0. The molecule has 5 heteroatoms. The van der Waals surface area contributed by atoms with E-state index in [2.05, 4.69) is 6.92 Å². The van der Waals surface area contributed by atoms with Gasteiger partial charge < -0.3 is 4.74 Å². The molecule has 0 aliphatic heterocycles. The highest BCUT2D eigenvalue weighted by molar-refractivity contribution is 5.75. The average molecular weight is 467 g/mol. The topological polar surface area (TPSA) is 26.3 Å². The molecule has 1 aliphatic rings. The van der Waals surface area contributed by atoms with Crippen molar-refractivity contribution in [2.75, 3.05) is 0 Å².